The second-order valence-electron chi connectivity index (χ2n) is 9.13. The third kappa shape index (κ3) is 4.63. The normalized spacial score (nSPS) is 16.7. The first-order chi connectivity index (χ1) is 15.7. The maximum Gasteiger partial charge on any atom is 0.227 e. The fraction of sp³-hybridized carbons (Fsp3) is 0.407. The summed E-state index contributed by atoms with van der Waals surface area (Å²) in [6.45, 7) is 7.38. The van der Waals surface area contributed by atoms with E-state index in [1.165, 1.54) is 11.1 Å². The molecule has 1 N–H and O–H groups in total. The van der Waals surface area contributed by atoms with Gasteiger partial charge in [-0.3, -0.25) is 4.90 Å². The molecule has 0 atom stereocenters. The summed E-state index contributed by atoms with van der Waals surface area (Å²) < 4.78 is 6.40. The summed E-state index contributed by atoms with van der Waals surface area (Å²) in [6, 6.07) is 17.4. The highest BCUT2D eigenvalue weighted by Crippen LogP contribution is 2.35. The molecule has 0 saturated carbocycles. The minimum Gasteiger partial charge on any atom is -0.438 e. The van der Waals surface area contributed by atoms with Gasteiger partial charge in [0.25, 0.3) is 0 Å². The Kier molecular flexibility index (Phi) is 6.08. The summed E-state index contributed by atoms with van der Waals surface area (Å²) in [4.78, 5) is 12.2. The highest BCUT2D eigenvalue weighted by molar-refractivity contribution is 5.47. The van der Waals surface area contributed by atoms with Crippen LogP contribution in [0.2, 0.25) is 0 Å². The van der Waals surface area contributed by atoms with Crippen molar-refractivity contribution in [1.29, 1.82) is 0 Å². The van der Waals surface area contributed by atoms with E-state index in [1.807, 2.05) is 0 Å². The zero-order chi connectivity index (χ0) is 21.9. The largest absolute Gasteiger partial charge is 0.438 e. The van der Waals surface area contributed by atoms with E-state index in [9.17, 15) is 0 Å². The average molecular weight is 429 g/mol. The first kappa shape index (κ1) is 21.0. The molecule has 1 aliphatic heterocycles. The molecule has 5 nitrogen and oxygen atoms in total. The first-order valence-electron chi connectivity index (χ1n) is 11.8. The second-order valence-corrected chi connectivity index (χ2v) is 9.13. The smallest absolute Gasteiger partial charge is 0.227 e. The van der Waals surface area contributed by atoms with Gasteiger partial charge in [0, 0.05) is 31.2 Å². The number of nitrogens with one attached hydrogen (secondary N) is 1. The Balaban J connectivity index is 1.27. The molecule has 32 heavy (non-hydrogen) atoms. The van der Waals surface area contributed by atoms with Gasteiger partial charge in [-0.15, -0.1) is 0 Å². The summed E-state index contributed by atoms with van der Waals surface area (Å²) in [5.74, 6) is 2.36. The molecule has 2 aromatic carbocycles. The van der Waals surface area contributed by atoms with Crippen molar-refractivity contribution in [1.82, 2.24) is 14.9 Å². The molecule has 0 radical (unpaired) electrons. The van der Waals surface area contributed by atoms with Crippen molar-refractivity contribution in [2.45, 2.75) is 58.5 Å². The fourth-order valence-corrected chi connectivity index (χ4v) is 4.86. The van der Waals surface area contributed by atoms with Crippen LogP contribution in [0.3, 0.4) is 0 Å². The van der Waals surface area contributed by atoms with Crippen molar-refractivity contribution in [3.8, 4) is 11.6 Å². The van der Waals surface area contributed by atoms with Gasteiger partial charge in [-0.1, -0.05) is 48.5 Å². The van der Waals surface area contributed by atoms with Gasteiger partial charge in [0.1, 0.15) is 5.75 Å². The van der Waals surface area contributed by atoms with Crippen molar-refractivity contribution in [2.24, 2.45) is 0 Å². The molecular formula is C27H32N4O. The maximum atomic E-state index is 6.40. The molecule has 166 valence electrons. The lowest BCUT2D eigenvalue weighted by Crippen LogP contribution is -2.39. The summed E-state index contributed by atoms with van der Waals surface area (Å²) in [7, 11) is 0. The van der Waals surface area contributed by atoms with E-state index in [2.05, 4.69) is 72.6 Å². The number of aromatic nitrogens is 2. The minimum absolute atomic E-state index is 0.398. The molecule has 1 fully saturated rings. The SMILES string of the molecule is Cc1cccc(C)c1Oc1nc(NC2CCN(Cc3ccccc3)CC2)nc2c1CCC2. The van der Waals surface area contributed by atoms with Crippen molar-refractivity contribution < 1.29 is 4.74 Å². The van der Waals surface area contributed by atoms with Gasteiger partial charge in [-0.25, -0.2) is 4.98 Å². The monoisotopic (exact) mass is 428 g/mol. The summed E-state index contributed by atoms with van der Waals surface area (Å²) >= 11 is 0. The van der Waals surface area contributed by atoms with E-state index in [-0.39, 0.29) is 0 Å². The average Bonchev–Trinajstić information content (AvgIpc) is 3.27. The van der Waals surface area contributed by atoms with Crippen LogP contribution < -0.4 is 10.1 Å². The molecule has 0 bridgehead atoms. The van der Waals surface area contributed by atoms with Crippen LogP contribution in [0.15, 0.2) is 48.5 Å². The van der Waals surface area contributed by atoms with Crippen LogP contribution in [0.25, 0.3) is 0 Å². The Bertz CT molecular complexity index is 1050. The Morgan fingerprint density at radius 2 is 1.69 bits per heavy atom. The molecular weight excluding hydrogens is 396 g/mol. The second kappa shape index (κ2) is 9.29. The zero-order valence-electron chi connectivity index (χ0n) is 19.1. The molecule has 0 amide bonds. The molecule has 1 aromatic heterocycles. The van der Waals surface area contributed by atoms with Crippen LogP contribution >= 0.6 is 0 Å². The Labute approximate surface area is 190 Å². The third-order valence-corrected chi connectivity index (χ3v) is 6.67. The van der Waals surface area contributed by atoms with Crippen molar-refractivity contribution in [2.75, 3.05) is 18.4 Å². The van der Waals surface area contributed by atoms with Crippen molar-refractivity contribution in [3.05, 3.63) is 76.5 Å². The molecule has 0 unspecified atom stereocenters. The Morgan fingerprint density at radius 1 is 0.938 bits per heavy atom. The fourth-order valence-electron chi connectivity index (χ4n) is 4.86. The molecule has 5 heteroatoms. The van der Waals surface area contributed by atoms with Crippen LogP contribution in [-0.2, 0) is 19.4 Å². The predicted molar refractivity (Wildman–Crippen MR) is 128 cm³/mol. The Morgan fingerprint density at radius 3 is 2.44 bits per heavy atom. The van der Waals surface area contributed by atoms with Gasteiger partial charge in [0.15, 0.2) is 0 Å². The number of benzene rings is 2. The van der Waals surface area contributed by atoms with E-state index in [0.29, 0.717) is 12.0 Å². The first-order valence-corrected chi connectivity index (χ1v) is 11.8. The number of nitrogens with zero attached hydrogens (tertiary/aromatic N) is 3. The maximum absolute atomic E-state index is 6.40. The van der Waals surface area contributed by atoms with Crippen molar-refractivity contribution in [3.63, 3.8) is 0 Å². The zero-order valence-corrected chi connectivity index (χ0v) is 19.1. The van der Waals surface area contributed by atoms with E-state index < -0.39 is 0 Å². The van der Waals surface area contributed by atoms with E-state index in [4.69, 9.17) is 14.7 Å². The summed E-state index contributed by atoms with van der Waals surface area (Å²) in [5.41, 5.74) is 5.97. The lowest BCUT2D eigenvalue weighted by molar-refractivity contribution is 0.211. The minimum atomic E-state index is 0.398. The number of likely N-dealkylation sites (tertiary alicyclic amines) is 1. The number of para-hydroxylation sites is 1. The molecule has 1 aliphatic carbocycles. The van der Waals surface area contributed by atoms with Gasteiger partial charge in [-0.05, 0) is 62.6 Å². The van der Waals surface area contributed by atoms with Crippen LogP contribution in [0.4, 0.5) is 5.95 Å². The van der Waals surface area contributed by atoms with Crippen LogP contribution in [0.1, 0.15) is 47.2 Å². The molecule has 0 spiro atoms. The topological polar surface area (TPSA) is 50.3 Å². The van der Waals surface area contributed by atoms with Gasteiger partial charge in [0.2, 0.25) is 11.8 Å². The highest BCUT2D eigenvalue weighted by atomic mass is 16.5. The molecule has 3 aromatic rings. The van der Waals surface area contributed by atoms with Gasteiger partial charge >= 0.3 is 0 Å². The molecule has 5 rings (SSSR count). The van der Waals surface area contributed by atoms with E-state index >= 15 is 0 Å². The predicted octanol–water partition coefficient (Wildman–Crippen LogP) is 5.45. The standard InChI is InChI=1S/C27H32N4O/c1-19-8-6-9-20(2)25(19)32-26-23-12-7-13-24(23)29-27(30-26)28-22-14-16-31(17-15-22)18-21-10-4-3-5-11-21/h3-6,8-11,22H,7,12-18H2,1-2H3,(H,28,29,30). The lowest BCUT2D eigenvalue weighted by Gasteiger charge is -2.32. The van der Waals surface area contributed by atoms with Crippen LogP contribution in [-0.4, -0.2) is 34.0 Å². The third-order valence-electron chi connectivity index (χ3n) is 6.67. The highest BCUT2D eigenvalue weighted by Gasteiger charge is 2.24. The number of rotatable bonds is 6. The number of anilines is 1. The van der Waals surface area contributed by atoms with E-state index in [0.717, 1.165) is 80.2 Å². The number of fused-ring (bicyclic) bond motifs is 1. The van der Waals surface area contributed by atoms with Crippen LogP contribution in [0, 0.1) is 13.8 Å². The van der Waals surface area contributed by atoms with Gasteiger partial charge in [-0.2, -0.15) is 4.98 Å². The van der Waals surface area contributed by atoms with Gasteiger partial charge in [0.05, 0.1) is 5.69 Å². The van der Waals surface area contributed by atoms with Crippen LogP contribution in [0.5, 0.6) is 11.6 Å². The summed E-state index contributed by atoms with van der Waals surface area (Å²) in [6.07, 6.45) is 5.31. The lowest BCUT2D eigenvalue weighted by atomic mass is 10.0. The number of hydrogen-bond donors (Lipinski definition) is 1. The number of aryl methyl sites for hydroxylation is 3. The Hall–Kier alpha value is -2.92. The molecule has 1 saturated heterocycles. The number of ether oxygens (including phenoxy) is 1. The number of hydrogen-bond acceptors (Lipinski definition) is 5. The molecule has 2 aliphatic rings. The van der Waals surface area contributed by atoms with Crippen molar-refractivity contribution >= 4 is 5.95 Å². The number of piperidine rings is 1. The summed E-state index contributed by atoms with van der Waals surface area (Å²) in [5, 5.41) is 3.62. The molecule has 2 heterocycles. The van der Waals surface area contributed by atoms with Gasteiger partial charge < -0.3 is 10.1 Å². The quantitative estimate of drug-likeness (QED) is 0.566. The van der Waals surface area contributed by atoms with E-state index in [1.54, 1.807) is 0 Å².